The molecule has 1 aliphatic heterocycles. The third-order valence-corrected chi connectivity index (χ3v) is 4.89. The second-order valence-corrected chi connectivity index (χ2v) is 6.29. The molecule has 0 saturated heterocycles. The van der Waals surface area contributed by atoms with Gasteiger partial charge in [-0.05, 0) is 50.2 Å². The average molecular weight is 354 g/mol. The van der Waals surface area contributed by atoms with E-state index >= 15 is 0 Å². The maximum Gasteiger partial charge on any atom is 0.344 e. The largest absolute Gasteiger partial charge is 0.422 e. The fourth-order valence-electron chi connectivity index (χ4n) is 3.54. The van der Waals surface area contributed by atoms with Crippen molar-refractivity contribution in [3.8, 4) is 0 Å². The van der Waals surface area contributed by atoms with Gasteiger partial charge >= 0.3 is 5.63 Å². The molecule has 0 fully saturated rings. The molecule has 1 atom stereocenters. The zero-order valence-corrected chi connectivity index (χ0v) is 14.5. The molecule has 5 nitrogen and oxygen atoms in total. The van der Waals surface area contributed by atoms with Crippen LogP contribution >= 0.6 is 0 Å². The van der Waals surface area contributed by atoms with Gasteiger partial charge in [0.05, 0.1) is 11.3 Å². The number of fused-ring (bicyclic) bond motifs is 4. The molecule has 2 aromatic carbocycles. The molecule has 2 N–H and O–H groups in total. The predicted molar refractivity (Wildman–Crippen MR) is 99.8 cm³/mol. The average Bonchev–Trinajstić information content (AvgIpc) is 2.63. The Hall–Kier alpha value is -2.86. The van der Waals surface area contributed by atoms with Crippen molar-refractivity contribution in [3.63, 3.8) is 0 Å². The number of nitrogens with one attached hydrogen (secondary N) is 1. The Bertz CT molecular complexity index is 1060. The summed E-state index contributed by atoms with van der Waals surface area (Å²) in [5, 5.41) is 14.5. The smallest absolute Gasteiger partial charge is 0.344 e. The number of nitrogens with zero attached hydrogens (tertiary/aromatic N) is 1. The van der Waals surface area contributed by atoms with Crippen LogP contribution in [0.5, 0.6) is 0 Å². The van der Waals surface area contributed by atoms with E-state index in [4.69, 9.17) is 4.42 Å². The molecule has 0 saturated carbocycles. The number of aliphatic hydroxyl groups excluding tert-OH is 1. The molecule has 3 aromatic rings. The summed E-state index contributed by atoms with van der Waals surface area (Å²) < 4.78 is 19.0. The van der Waals surface area contributed by atoms with E-state index < -0.39 is 17.5 Å². The van der Waals surface area contributed by atoms with E-state index in [1.54, 1.807) is 0 Å². The minimum absolute atomic E-state index is 0.104. The van der Waals surface area contributed by atoms with Gasteiger partial charge in [0.1, 0.15) is 17.5 Å². The zero-order valence-electron chi connectivity index (χ0n) is 14.5. The van der Waals surface area contributed by atoms with Crippen LogP contribution in [0.1, 0.15) is 31.1 Å². The molecule has 1 aliphatic rings. The molecule has 134 valence electrons. The van der Waals surface area contributed by atoms with Crippen molar-refractivity contribution in [2.24, 2.45) is 0 Å². The van der Waals surface area contributed by atoms with Crippen molar-refractivity contribution in [1.82, 2.24) is 0 Å². The second kappa shape index (κ2) is 6.14. The lowest BCUT2D eigenvalue weighted by atomic mass is 9.93. The number of anilines is 3. The van der Waals surface area contributed by atoms with Crippen LogP contribution < -0.4 is 15.8 Å². The van der Waals surface area contributed by atoms with Gasteiger partial charge in [-0.15, -0.1) is 0 Å². The van der Waals surface area contributed by atoms with Gasteiger partial charge < -0.3 is 19.7 Å². The van der Waals surface area contributed by atoms with Crippen molar-refractivity contribution in [2.75, 3.05) is 23.3 Å². The topological polar surface area (TPSA) is 65.7 Å². The highest BCUT2D eigenvalue weighted by Crippen LogP contribution is 2.42. The Morgan fingerprint density at radius 2 is 1.96 bits per heavy atom. The summed E-state index contributed by atoms with van der Waals surface area (Å²) in [5.41, 5.74) is 2.41. The van der Waals surface area contributed by atoms with Crippen molar-refractivity contribution >= 4 is 28.0 Å². The van der Waals surface area contributed by atoms with E-state index in [1.165, 1.54) is 18.2 Å². The van der Waals surface area contributed by atoms with Crippen molar-refractivity contribution in [1.29, 1.82) is 0 Å². The first kappa shape index (κ1) is 16.6. The molecule has 1 unspecified atom stereocenters. The van der Waals surface area contributed by atoms with Crippen LogP contribution in [0, 0.1) is 5.82 Å². The number of aliphatic hydroxyl groups is 1. The molecular weight excluding hydrogens is 335 g/mol. The maximum absolute atomic E-state index is 13.7. The lowest BCUT2D eigenvalue weighted by Gasteiger charge is -2.28. The highest BCUT2D eigenvalue weighted by molar-refractivity contribution is 5.95. The van der Waals surface area contributed by atoms with Crippen LogP contribution in [0.3, 0.4) is 0 Å². The van der Waals surface area contributed by atoms with Crippen molar-refractivity contribution < 1.29 is 13.9 Å². The van der Waals surface area contributed by atoms with Gasteiger partial charge in [-0.1, -0.05) is 0 Å². The second-order valence-electron chi connectivity index (χ2n) is 6.29. The Kier molecular flexibility index (Phi) is 3.92. The van der Waals surface area contributed by atoms with Crippen LogP contribution in [-0.2, 0) is 0 Å². The van der Waals surface area contributed by atoms with E-state index in [9.17, 15) is 14.3 Å². The molecule has 0 bridgehead atoms. The van der Waals surface area contributed by atoms with Crippen LogP contribution in [-0.4, -0.2) is 18.2 Å². The first-order valence-corrected chi connectivity index (χ1v) is 8.63. The quantitative estimate of drug-likeness (QED) is 0.698. The molecule has 0 radical (unpaired) electrons. The van der Waals surface area contributed by atoms with Crippen LogP contribution in [0.4, 0.5) is 21.5 Å². The van der Waals surface area contributed by atoms with Crippen molar-refractivity contribution in [3.05, 3.63) is 63.8 Å². The summed E-state index contributed by atoms with van der Waals surface area (Å²) in [4.78, 5) is 14.6. The van der Waals surface area contributed by atoms with E-state index in [1.807, 2.05) is 18.2 Å². The van der Waals surface area contributed by atoms with Gasteiger partial charge in [0.25, 0.3) is 0 Å². The molecular formula is C20H19FN2O3. The summed E-state index contributed by atoms with van der Waals surface area (Å²) >= 11 is 0. The van der Waals surface area contributed by atoms with Crippen LogP contribution in [0.2, 0.25) is 0 Å². The molecule has 1 aromatic heterocycles. The molecule has 4 rings (SSSR count). The monoisotopic (exact) mass is 354 g/mol. The number of rotatable bonds is 3. The van der Waals surface area contributed by atoms with Gasteiger partial charge in [-0.3, -0.25) is 0 Å². The van der Waals surface area contributed by atoms with Gasteiger partial charge in [-0.25, -0.2) is 9.18 Å². The minimum atomic E-state index is -1.14. The first-order valence-electron chi connectivity index (χ1n) is 8.63. The van der Waals surface area contributed by atoms with E-state index in [0.717, 1.165) is 18.8 Å². The Balaban J connectivity index is 1.91. The Labute approximate surface area is 149 Å². The minimum Gasteiger partial charge on any atom is -0.422 e. The lowest BCUT2D eigenvalue weighted by molar-refractivity contribution is 0.215. The van der Waals surface area contributed by atoms with Crippen LogP contribution in [0.25, 0.3) is 11.0 Å². The third-order valence-electron chi connectivity index (χ3n) is 4.89. The van der Waals surface area contributed by atoms with Gasteiger partial charge in [0.2, 0.25) is 0 Å². The predicted octanol–water partition coefficient (Wildman–Crippen LogP) is 3.92. The first-order chi connectivity index (χ1) is 12.5. The Morgan fingerprint density at radius 3 is 2.69 bits per heavy atom. The summed E-state index contributed by atoms with van der Waals surface area (Å²) in [6.45, 7) is 5.79. The zero-order chi connectivity index (χ0) is 18.4. The van der Waals surface area contributed by atoms with Crippen LogP contribution in [0.15, 0.2) is 45.6 Å². The summed E-state index contributed by atoms with van der Waals surface area (Å²) in [6.07, 6.45) is -1.14. The third kappa shape index (κ3) is 2.45. The van der Waals surface area contributed by atoms with E-state index in [-0.39, 0.29) is 11.1 Å². The fourth-order valence-corrected chi connectivity index (χ4v) is 3.54. The van der Waals surface area contributed by atoms with Gasteiger partial charge in [0.15, 0.2) is 0 Å². The number of benzene rings is 2. The normalized spacial score (nSPS) is 15.3. The Morgan fingerprint density at radius 1 is 1.19 bits per heavy atom. The number of halogens is 1. The number of hydrogen-bond donors (Lipinski definition) is 2. The van der Waals surface area contributed by atoms with Gasteiger partial charge in [0, 0.05) is 35.4 Å². The SMILES string of the molecule is CCN(CC)c1ccc2c(c1)C(O)c1c(c3cc(F)ccc3oc1=O)N2. The standard InChI is InChI=1S/C20H19FN2O3/c1-3-23(4-2)12-6-7-15-13(10-12)19(24)17-18(22-15)14-9-11(21)5-8-16(14)26-20(17)25/h5-10,19,22,24H,3-4H2,1-2H3. The van der Waals surface area contributed by atoms with E-state index in [2.05, 4.69) is 24.1 Å². The molecule has 0 amide bonds. The lowest BCUT2D eigenvalue weighted by Crippen LogP contribution is -2.24. The molecule has 26 heavy (non-hydrogen) atoms. The van der Waals surface area contributed by atoms with Crippen molar-refractivity contribution in [2.45, 2.75) is 20.0 Å². The summed E-state index contributed by atoms with van der Waals surface area (Å²) in [7, 11) is 0. The van der Waals surface area contributed by atoms with Gasteiger partial charge in [-0.2, -0.15) is 0 Å². The molecule has 2 heterocycles. The molecule has 0 aliphatic carbocycles. The highest BCUT2D eigenvalue weighted by atomic mass is 19.1. The maximum atomic E-state index is 13.7. The molecule has 6 heteroatoms. The fraction of sp³-hybridized carbons (Fsp3) is 0.250. The molecule has 0 spiro atoms. The summed E-state index contributed by atoms with van der Waals surface area (Å²) in [6, 6.07) is 9.66. The highest BCUT2D eigenvalue weighted by Gasteiger charge is 2.30. The van der Waals surface area contributed by atoms with E-state index in [0.29, 0.717) is 22.3 Å². The number of hydrogen-bond acceptors (Lipinski definition) is 5. The summed E-state index contributed by atoms with van der Waals surface area (Å²) in [5.74, 6) is -0.437.